The standard InChI is InChI=1S/C24H12N2O4.2C22H16N2O4.C21H14N2O4.C20H12N2O4/c27-19-9-10-20(28)25(19)17-8-4-14-2-6-16-18(26-21(29)11-12-22(26)30)7-3-13-1-5-15(17)24(14)23(13)16;1-13-11-15(23-19(25)7-8-20(23)26)3-5-17(13)18-6-4-16(12-14(18)2)24-21(27)9-10-22(24)28;1-13-11-15(3-5-17(13)23-19(25)7-8-20(23)26)16-4-6-18(14(2)12-16)24-21(27)9-10-22(24)28;24-18-9-10-19(25)22(18)16-5-1-14(2-6-16)13-15-3-7-17(8-4-15)23-20(26)11-12-21(23)27;23-17-9-10-18(24)21(17)15-5-1-13(2-6-15)14-3-7-16(8-4-14)22-19(25)11-12-20(22)26/h1-12H;2*3-12H,1-2H3;1-12H,13H2;1-12H. The van der Waals surface area contributed by atoms with Crippen LogP contribution >= 0.6 is 0 Å². The summed E-state index contributed by atoms with van der Waals surface area (Å²) in [7, 11) is 0. The third-order valence-corrected chi connectivity index (χ3v) is 24.0. The number of benzene rings is 12. The number of hydrogen-bond acceptors (Lipinski definition) is 20. The molecule has 30 nitrogen and oxygen atoms in total. The fraction of sp³-hybridized carbons (Fsp3) is 0.0459. The van der Waals surface area contributed by atoms with Gasteiger partial charge in [-0.25, -0.2) is 49.0 Å². The molecular weight excluding hydrogens is 1770 g/mol. The minimum absolute atomic E-state index is 0.344. The lowest BCUT2D eigenvalue weighted by molar-refractivity contribution is -0.121. The van der Waals surface area contributed by atoms with Crippen molar-refractivity contribution >= 4 is 207 Å². The Hall–Kier alpha value is -19.5. The van der Waals surface area contributed by atoms with Crippen LogP contribution < -0.4 is 49.0 Å². The van der Waals surface area contributed by atoms with E-state index in [1.807, 2.05) is 125 Å². The van der Waals surface area contributed by atoms with Crippen molar-refractivity contribution in [3.63, 3.8) is 0 Å². The van der Waals surface area contributed by atoms with Crippen LogP contribution in [0, 0.1) is 27.7 Å². The fourth-order valence-electron chi connectivity index (χ4n) is 17.4. The normalized spacial score (nSPS) is 16.2. The Bertz CT molecular complexity index is 7300. The Morgan fingerprint density at radius 2 is 0.360 bits per heavy atom. The Morgan fingerprint density at radius 1 is 0.165 bits per heavy atom. The molecule has 676 valence electrons. The number of amides is 20. The van der Waals surface area contributed by atoms with E-state index in [0.717, 1.165) is 148 Å². The van der Waals surface area contributed by atoms with Gasteiger partial charge in [0.1, 0.15) is 0 Å². The van der Waals surface area contributed by atoms with E-state index >= 15 is 0 Å². The molecule has 0 fully saturated rings. The zero-order valence-corrected chi connectivity index (χ0v) is 73.7. The molecule has 139 heavy (non-hydrogen) atoms. The maximum absolute atomic E-state index is 12.3. The van der Waals surface area contributed by atoms with Crippen LogP contribution in [0.4, 0.5) is 56.9 Å². The largest absolute Gasteiger partial charge is 0.269 e. The van der Waals surface area contributed by atoms with Crippen molar-refractivity contribution in [2.45, 2.75) is 34.1 Å². The van der Waals surface area contributed by atoms with Gasteiger partial charge in [-0.05, 0) is 232 Å². The van der Waals surface area contributed by atoms with Gasteiger partial charge < -0.3 is 0 Å². The molecule has 0 bridgehead atoms. The number of rotatable bonds is 15. The van der Waals surface area contributed by atoms with Gasteiger partial charge in [-0.15, -0.1) is 0 Å². The maximum atomic E-state index is 12.3. The summed E-state index contributed by atoms with van der Waals surface area (Å²) in [5.41, 5.74) is 16.1. The highest BCUT2D eigenvalue weighted by molar-refractivity contribution is 6.38. The zero-order chi connectivity index (χ0) is 97.8. The molecule has 0 aliphatic carbocycles. The first-order valence-electron chi connectivity index (χ1n) is 43.0. The molecule has 0 aromatic heterocycles. The summed E-state index contributed by atoms with van der Waals surface area (Å²) < 4.78 is 0. The van der Waals surface area contributed by atoms with Crippen molar-refractivity contribution in [3.8, 4) is 33.4 Å². The van der Waals surface area contributed by atoms with Crippen LogP contribution in [-0.4, -0.2) is 118 Å². The number of imide groups is 10. The van der Waals surface area contributed by atoms with E-state index in [1.54, 1.807) is 121 Å². The molecule has 10 aliphatic heterocycles. The molecule has 0 saturated heterocycles. The van der Waals surface area contributed by atoms with E-state index in [9.17, 15) is 95.9 Å². The topological polar surface area (TPSA) is 374 Å². The van der Waals surface area contributed by atoms with Crippen molar-refractivity contribution < 1.29 is 95.9 Å². The van der Waals surface area contributed by atoms with E-state index in [2.05, 4.69) is 0 Å². The second-order valence-corrected chi connectivity index (χ2v) is 32.6. The van der Waals surface area contributed by atoms with Crippen LogP contribution in [0.2, 0.25) is 0 Å². The van der Waals surface area contributed by atoms with Crippen molar-refractivity contribution in [2.24, 2.45) is 0 Å². The predicted molar refractivity (Wildman–Crippen MR) is 517 cm³/mol. The molecule has 0 atom stereocenters. The Balaban J connectivity index is 0.000000115. The second-order valence-electron chi connectivity index (χ2n) is 32.6. The van der Waals surface area contributed by atoms with E-state index in [4.69, 9.17) is 0 Å². The van der Waals surface area contributed by atoms with Crippen LogP contribution in [0.3, 0.4) is 0 Å². The summed E-state index contributed by atoms with van der Waals surface area (Å²) in [6, 6.07) is 65.0. The number of carbonyl (C=O) groups is 20. The smallest absolute Gasteiger partial charge is 0.258 e. The Labute approximate surface area is 788 Å². The van der Waals surface area contributed by atoms with Crippen LogP contribution in [-0.2, 0) is 102 Å². The SMILES string of the molecule is Cc1cc(-c2ccc(N3C(=O)C=CC3=O)c(C)c2)ccc1N1C(=O)C=CC1=O.Cc1cc(N2C(=O)C=CC2=O)ccc1-c1ccc(N2C(=O)C=CC2=O)cc1C.O=C1C=CC(=O)N1c1ccc(-c2ccc(N3C(=O)C=CC3=O)cc2)cc1.O=C1C=CC(=O)N1c1ccc(Cc2ccc(N3C(=O)C=CC3=O)cc2)cc1.O=C1C=CC(=O)N1c1ccc2ccc3c(N4C(=O)C=CC4=O)ccc4ccc1c2c43. The van der Waals surface area contributed by atoms with E-state index in [-0.39, 0.29) is 118 Å². The zero-order valence-electron chi connectivity index (χ0n) is 73.7. The molecule has 0 saturated carbocycles. The van der Waals surface area contributed by atoms with Gasteiger partial charge in [0.2, 0.25) is 0 Å². The van der Waals surface area contributed by atoms with Crippen LogP contribution in [0.5, 0.6) is 0 Å². The monoisotopic (exact) mass is 1840 g/mol. The molecule has 0 N–H and O–H groups in total. The van der Waals surface area contributed by atoms with Gasteiger partial charge in [0.15, 0.2) is 0 Å². The van der Waals surface area contributed by atoms with Crippen molar-refractivity contribution in [1.29, 1.82) is 0 Å². The summed E-state index contributed by atoms with van der Waals surface area (Å²) in [4.78, 5) is 249. The molecule has 0 radical (unpaired) electrons. The van der Waals surface area contributed by atoms with Gasteiger partial charge in [0, 0.05) is 132 Å². The Kier molecular flexibility index (Phi) is 23.7. The minimum Gasteiger partial charge on any atom is -0.269 e. The van der Waals surface area contributed by atoms with E-state index < -0.39 is 0 Å². The number of nitrogens with zero attached hydrogens (tertiary/aromatic N) is 10. The molecule has 0 unspecified atom stereocenters. The number of carbonyl (C=O) groups excluding carboxylic acids is 20. The highest BCUT2D eigenvalue weighted by Gasteiger charge is 2.36. The minimum atomic E-state index is -0.380. The molecule has 12 aromatic rings. The lowest BCUT2D eigenvalue weighted by atomic mass is 9.92. The number of hydrogen-bond donors (Lipinski definition) is 0. The molecule has 10 aliphatic rings. The summed E-state index contributed by atoms with van der Waals surface area (Å²) in [6.45, 7) is 7.49. The molecule has 10 heterocycles. The van der Waals surface area contributed by atoms with Gasteiger partial charge >= 0.3 is 0 Å². The molecule has 0 spiro atoms. The first-order chi connectivity index (χ1) is 66.8. The third kappa shape index (κ3) is 17.1. The van der Waals surface area contributed by atoms with Gasteiger partial charge in [0.25, 0.3) is 118 Å². The first-order valence-corrected chi connectivity index (χ1v) is 43.0. The number of anilines is 10. The molecule has 12 aromatic carbocycles. The summed E-state index contributed by atoms with van der Waals surface area (Å²) >= 11 is 0. The average molecular weight is 1840 g/mol. The van der Waals surface area contributed by atoms with Gasteiger partial charge in [0.05, 0.1) is 56.9 Å². The summed E-state index contributed by atoms with van der Waals surface area (Å²) in [5.74, 6) is -7.17. The maximum Gasteiger partial charge on any atom is 0.258 e. The summed E-state index contributed by atoms with van der Waals surface area (Å²) in [5, 5.41) is 5.14. The highest BCUT2D eigenvalue weighted by Crippen LogP contribution is 2.45. The van der Waals surface area contributed by atoms with Crippen molar-refractivity contribution in [3.05, 3.63) is 373 Å². The molecule has 22 rings (SSSR count). The second kappa shape index (κ2) is 36.6. The predicted octanol–water partition coefficient (Wildman–Crippen LogP) is 13.4. The van der Waals surface area contributed by atoms with Gasteiger partial charge in [-0.2, -0.15) is 0 Å². The highest BCUT2D eigenvalue weighted by atomic mass is 16.2. The lowest BCUT2D eigenvalue weighted by Crippen LogP contribution is -2.30. The lowest BCUT2D eigenvalue weighted by Gasteiger charge is -2.21. The van der Waals surface area contributed by atoms with Crippen LogP contribution in [0.15, 0.2) is 340 Å². The molecule has 20 amide bonds. The van der Waals surface area contributed by atoms with E-state index in [0.29, 0.717) is 63.3 Å². The molecular formula is C109H70N10O20. The fourth-order valence-corrected chi connectivity index (χ4v) is 17.4. The van der Waals surface area contributed by atoms with Crippen molar-refractivity contribution in [1.82, 2.24) is 0 Å². The van der Waals surface area contributed by atoms with Gasteiger partial charge in [-0.1, -0.05) is 109 Å². The summed E-state index contributed by atoms with van der Waals surface area (Å²) in [6.07, 6.45) is 25.7. The van der Waals surface area contributed by atoms with Gasteiger partial charge in [-0.3, -0.25) is 95.9 Å². The van der Waals surface area contributed by atoms with Crippen LogP contribution in [0.25, 0.3) is 65.7 Å². The number of aryl methyl sites for hydroxylation is 4. The van der Waals surface area contributed by atoms with E-state index in [1.165, 1.54) is 122 Å². The quantitative estimate of drug-likeness (QED) is 0.0679. The van der Waals surface area contributed by atoms with Crippen LogP contribution in [0.1, 0.15) is 33.4 Å². The third-order valence-electron chi connectivity index (χ3n) is 24.0. The first kappa shape index (κ1) is 90.0. The Morgan fingerprint density at radius 3 is 0.597 bits per heavy atom. The molecule has 30 heteroatoms. The van der Waals surface area contributed by atoms with Crippen molar-refractivity contribution in [2.75, 3.05) is 49.0 Å². The average Bonchev–Trinajstić information content (AvgIpc) is 1.52.